The molecule has 0 aromatic heterocycles. The summed E-state index contributed by atoms with van der Waals surface area (Å²) in [7, 11) is 0. The molecule has 0 radical (unpaired) electrons. The first-order valence-corrected chi connectivity index (χ1v) is 7.40. The van der Waals surface area contributed by atoms with Gasteiger partial charge in [-0.05, 0) is 45.4 Å². The summed E-state index contributed by atoms with van der Waals surface area (Å²) in [6.07, 6.45) is 3.11. The van der Waals surface area contributed by atoms with Gasteiger partial charge in [-0.1, -0.05) is 27.7 Å². The molecule has 4 heteroatoms. The molecule has 1 amide bonds. The quantitative estimate of drug-likeness (QED) is 0.553. The van der Waals surface area contributed by atoms with Crippen LogP contribution in [0.3, 0.4) is 0 Å². The molecule has 2 N–H and O–H groups in total. The number of rotatable bonds is 11. The van der Waals surface area contributed by atoms with Crippen LogP contribution in [-0.4, -0.2) is 49.6 Å². The first-order valence-electron chi connectivity index (χ1n) is 7.40. The largest absolute Gasteiger partial charge is 0.352 e. The van der Waals surface area contributed by atoms with Crippen molar-refractivity contribution in [1.82, 2.24) is 15.5 Å². The van der Waals surface area contributed by atoms with Crippen LogP contribution in [0.5, 0.6) is 0 Å². The summed E-state index contributed by atoms with van der Waals surface area (Å²) in [5.41, 5.74) is 0. The lowest BCUT2D eigenvalue weighted by atomic mass is 10.2. The molecule has 0 heterocycles. The van der Waals surface area contributed by atoms with E-state index in [-0.39, 0.29) is 5.91 Å². The van der Waals surface area contributed by atoms with Crippen LogP contribution >= 0.6 is 0 Å². The van der Waals surface area contributed by atoms with Crippen molar-refractivity contribution in [3.63, 3.8) is 0 Å². The van der Waals surface area contributed by atoms with Crippen molar-refractivity contribution in [2.45, 2.75) is 53.0 Å². The molecule has 0 aliphatic carbocycles. The van der Waals surface area contributed by atoms with E-state index in [1.54, 1.807) is 0 Å². The molecule has 0 fully saturated rings. The van der Waals surface area contributed by atoms with E-state index < -0.39 is 0 Å². The molecule has 108 valence electrons. The number of amides is 1. The molecular weight excluding hydrogens is 226 g/mol. The first-order chi connectivity index (χ1) is 8.67. The highest BCUT2D eigenvalue weighted by molar-refractivity contribution is 5.78. The highest BCUT2D eigenvalue weighted by Gasteiger charge is 2.07. The number of hydrogen-bond donors (Lipinski definition) is 2. The highest BCUT2D eigenvalue weighted by atomic mass is 16.1. The van der Waals surface area contributed by atoms with Crippen LogP contribution in [0, 0.1) is 0 Å². The molecule has 0 saturated heterocycles. The molecule has 0 aromatic carbocycles. The highest BCUT2D eigenvalue weighted by Crippen LogP contribution is 1.95. The number of carbonyl (C=O) groups is 1. The van der Waals surface area contributed by atoms with Crippen molar-refractivity contribution in [3.8, 4) is 0 Å². The van der Waals surface area contributed by atoms with Gasteiger partial charge in [0.1, 0.15) is 0 Å². The first kappa shape index (κ1) is 17.4. The molecular formula is C14H31N3O. The van der Waals surface area contributed by atoms with Gasteiger partial charge in [0.2, 0.25) is 5.91 Å². The van der Waals surface area contributed by atoms with Crippen molar-refractivity contribution < 1.29 is 4.79 Å². The van der Waals surface area contributed by atoms with Crippen LogP contribution < -0.4 is 10.6 Å². The van der Waals surface area contributed by atoms with Crippen molar-refractivity contribution in [2.24, 2.45) is 0 Å². The van der Waals surface area contributed by atoms with Gasteiger partial charge in [-0.15, -0.1) is 0 Å². The molecule has 0 saturated carbocycles. The maximum absolute atomic E-state index is 11.6. The Hall–Kier alpha value is -0.610. The van der Waals surface area contributed by atoms with E-state index in [9.17, 15) is 4.79 Å². The Kier molecular flexibility index (Phi) is 11.1. The fraction of sp³-hybridized carbons (Fsp3) is 0.929. The number of carbonyl (C=O) groups excluding carboxylic acids is 1. The molecule has 0 bridgehead atoms. The van der Waals surface area contributed by atoms with E-state index in [2.05, 4.69) is 43.2 Å². The van der Waals surface area contributed by atoms with E-state index in [1.165, 1.54) is 0 Å². The van der Waals surface area contributed by atoms with Gasteiger partial charge in [0.05, 0.1) is 6.54 Å². The van der Waals surface area contributed by atoms with Crippen molar-refractivity contribution in [1.29, 1.82) is 0 Å². The topological polar surface area (TPSA) is 44.4 Å². The summed E-state index contributed by atoms with van der Waals surface area (Å²) in [5, 5.41) is 6.23. The minimum absolute atomic E-state index is 0.117. The van der Waals surface area contributed by atoms with Gasteiger partial charge in [0.15, 0.2) is 0 Å². The summed E-state index contributed by atoms with van der Waals surface area (Å²) < 4.78 is 0. The Balaban J connectivity index is 3.51. The fourth-order valence-electron chi connectivity index (χ4n) is 1.94. The maximum Gasteiger partial charge on any atom is 0.234 e. The lowest BCUT2D eigenvalue weighted by Crippen LogP contribution is -2.40. The molecule has 18 heavy (non-hydrogen) atoms. The van der Waals surface area contributed by atoms with E-state index in [0.717, 1.165) is 45.4 Å². The predicted molar refractivity (Wildman–Crippen MR) is 77.8 cm³/mol. The Labute approximate surface area is 113 Å². The zero-order valence-electron chi connectivity index (χ0n) is 12.6. The fourth-order valence-corrected chi connectivity index (χ4v) is 1.94. The molecule has 0 aromatic rings. The molecule has 0 atom stereocenters. The van der Waals surface area contributed by atoms with Gasteiger partial charge in [-0.3, -0.25) is 4.79 Å². The van der Waals surface area contributed by atoms with Crippen LogP contribution in [0.4, 0.5) is 0 Å². The van der Waals surface area contributed by atoms with Gasteiger partial charge in [0.25, 0.3) is 0 Å². The number of hydrogen-bond acceptors (Lipinski definition) is 3. The van der Waals surface area contributed by atoms with Gasteiger partial charge < -0.3 is 15.5 Å². The second kappa shape index (κ2) is 11.5. The Morgan fingerprint density at radius 3 is 2.22 bits per heavy atom. The lowest BCUT2D eigenvalue weighted by Gasteiger charge is -2.18. The molecule has 0 aliphatic heterocycles. The minimum Gasteiger partial charge on any atom is -0.352 e. The average molecular weight is 257 g/mol. The van der Waals surface area contributed by atoms with Gasteiger partial charge >= 0.3 is 0 Å². The van der Waals surface area contributed by atoms with Crippen molar-refractivity contribution >= 4 is 5.91 Å². The second-order valence-corrected chi connectivity index (χ2v) is 4.64. The average Bonchev–Trinajstić information content (AvgIpc) is 2.40. The van der Waals surface area contributed by atoms with Crippen LogP contribution in [0.25, 0.3) is 0 Å². The third-order valence-corrected chi connectivity index (χ3v) is 3.36. The minimum atomic E-state index is 0.117. The molecule has 0 spiro atoms. The SMILES string of the molecule is CCC(CC)NC(=O)CNCCCN(CC)CC. The molecule has 0 aliphatic rings. The van der Waals surface area contributed by atoms with Crippen LogP contribution in [0.1, 0.15) is 47.0 Å². The number of nitrogens with one attached hydrogen (secondary N) is 2. The van der Waals surface area contributed by atoms with E-state index in [4.69, 9.17) is 0 Å². The van der Waals surface area contributed by atoms with E-state index >= 15 is 0 Å². The summed E-state index contributed by atoms with van der Waals surface area (Å²) in [6.45, 7) is 13.2. The van der Waals surface area contributed by atoms with Crippen LogP contribution in [-0.2, 0) is 4.79 Å². The second-order valence-electron chi connectivity index (χ2n) is 4.64. The molecule has 0 rings (SSSR count). The Morgan fingerprint density at radius 1 is 1.11 bits per heavy atom. The van der Waals surface area contributed by atoms with Gasteiger partial charge in [-0.25, -0.2) is 0 Å². The van der Waals surface area contributed by atoms with E-state index in [0.29, 0.717) is 12.6 Å². The predicted octanol–water partition coefficient (Wildman–Crippen LogP) is 1.61. The van der Waals surface area contributed by atoms with Crippen LogP contribution in [0.15, 0.2) is 0 Å². The lowest BCUT2D eigenvalue weighted by molar-refractivity contribution is -0.121. The molecule has 4 nitrogen and oxygen atoms in total. The molecule has 0 unspecified atom stereocenters. The Morgan fingerprint density at radius 2 is 1.72 bits per heavy atom. The summed E-state index contributed by atoms with van der Waals surface area (Å²) in [4.78, 5) is 14.0. The Bertz CT molecular complexity index is 201. The van der Waals surface area contributed by atoms with E-state index in [1.807, 2.05) is 0 Å². The maximum atomic E-state index is 11.6. The standard InChI is InChI=1S/C14H31N3O/c1-5-13(6-2)16-14(18)12-15-10-9-11-17(7-3)8-4/h13,15H,5-12H2,1-4H3,(H,16,18). The summed E-state index contributed by atoms with van der Waals surface area (Å²) in [6, 6.07) is 0.329. The van der Waals surface area contributed by atoms with Gasteiger partial charge in [0, 0.05) is 6.04 Å². The smallest absolute Gasteiger partial charge is 0.234 e. The zero-order chi connectivity index (χ0) is 13.8. The van der Waals surface area contributed by atoms with Crippen LogP contribution in [0.2, 0.25) is 0 Å². The third-order valence-electron chi connectivity index (χ3n) is 3.36. The van der Waals surface area contributed by atoms with Gasteiger partial charge in [-0.2, -0.15) is 0 Å². The van der Waals surface area contributed by atoms with Crippen molar-refractivity contribution in [2.75, 3.05) is 32.7 Å². The summed E-state index contributed by atoms with van der Waals surface area (Å²) >= 11 is 0. The normalized spacial score (nSPS) is 11.2. The number of nitrogens with zero attached hydrogens (tertiary/aromatic N) is 1. The monoisotopic (exact) mass is 257 g/mol. The zero-order valence-corrected chi connectivity index (χ0v) is 12.6. The summed E-state index contributed by atoms with van der Waals surface area (Å²) in [5.74, 6) is 0.117. The third kappa shape index (κ3) is 8.48. The van der Waals surface area contributed by atoms with Crippen molar-refractivity contribution in [3.05, 3.63) is 0 Å².